The van der Waals surface area contributed by atoms with Crippen LogP contribution >= 0.6 is 0 Å². The second-order valence-corrected chi connectivity index (χ2v) is 5.77. The normalized spacial score (nSPS) is 16.7. The molecule has 0 spiro atoms. The van der Waals surface area contributed by atoms with Crippen LogP contribution in [-0.2, 0) is 0 Å². The average Bonchev–Trinajstić information content (AvgIpc) is 2.55. The lowest BCUT2D eigenvalue weighted by Crippen LogP contribution is -2.47. The minimum absolute atomic E-state index is 0.210. The molecule has 1 aliphatic heterocycles. The summed E-state index contributed by atoms with van der Waals surface area (Å²) in [7, 11) is 0. The van der Waals surface area contributed by atoms with E-state index >= 15 is 0 Å². The lowest BCUT2D eigenvalue weighted by Gasteiger charge is -2.38. The average molecular weight is 299 g/mol. The number of halogens is 1. The van der Waals surface area contributed by atoms with Gasteiger partial charge in [0.15, 0.2) is 0 Å². The molecule has 2 N–H and O–H groups in total. The summed E-state index contributed by atoms with van der Waals surface area (Å²) < 4.78 is 14.1. The van der Waals surface area contributed by atoms with Gasteiger partial charge < -0.3 is 15.5 Å². The quantitative estimate of drug-likeness (QED) is 0.945. The molecule has 0 radical (unpaired) electrons. The molecule has 116 valence electrons. The first-order valence-corrected chi connectivity index (χ1v) is 7.76. The molecule has 0 saturated carbocycles. The van der Waals surface area contributed by atoms with Gasteiger partial charge in [0.2, 0.25) is 0 Å². The smallest absolute Gasteiger partial charge is 0.130 e. The molecule has 2 aromatic rings. The van der Waals surface area contributed by atoms with Crippen molar-refractivity contribution in [3.05, 3.63) is 59.9 Å². The van der Waals surface area contributed by atoms with Crippen LogP contribution in [0, 0.1) is 5.82 Å². The number of hydrogen-bond acceptors (Lipinski definition) is 3. The Labute approximate surface area is 131 Å². The first-order chi connectivity index (χ1) is 10.7. The van der Waals surface area contributed by atoms with Crippen molar-refractivity contribution in [1.29, 1.82) is 0 Å². The van der Waals surface area contributed by atoms with Crippen LogP contribution < -0.4 is 15.5 Å². The summed E-state index contributed by atoms with van der Waals surface area (Å²) in [6, 6.07) is 15.3. The number of benzene rings is 2. The van der Waals surface area contributed by atoms with Crippen LogP contribution in [-0.4, -0.2) is 26.2 Å². The molecule has 0 aliphatic carbocycles. The van der Waals surface area contributed by atoms with Gasteiger partial charge in [-0.1, -0.05) is 24.3 Å². The van der Waals surface area contributed by atoms with Crippen molar-refractivity contribution in [2.45, 2.75) is 13.0 Å². The fourth-order valence-electron chi connectivity index (χ4n) is 3.10. The maximum atomic E-state index is 14.1. The monoisotopic (exact) mass is 299 g/mol. The van der Waals surface area contributed by atoms with E-state index < -0.39 is 0 Å². The topological polar surface area (TPSA) is 32.5 Å². The summed E-state index contributed by atoms with van der Waals surface area (Å²) in [4.78, 5) is 4.60. The molecule has 3 nitrogen and oxygen atoms in total. The van der Waals surface area contributed by atoms with E-state index in [1.165, 1.54) is 11.8 Å². The van der Waals surface area contributed by atoms with Gasteiger partial charge in [-0.3, -0.25) is 0 Å². The largest absolute Gasteiger partial charge is 0.368 e. The molecule has 4 heteroatoms. The highest BCUT2D eigenvalue weighted by atomic mass is 19.1. The Bertz CT molecular complexity index is 619. The van der Waals surface area contributed by atoms with E-state index in [4.69, 9.17) is 5.73 Å². The molecule has 1 aliphatic rings. The fourth-order valence-corrected chi connectivity index (χ4v) is 3.10. The van der Waals surface area contributed by atoms with Crippen molar-refractivity contribution in [2.75, 3.05) is 36.0 Å². The second kappa shape index (κ2) is 6.36. The molecule has 0 bridgehead atoms. The summed E-state index contributed by atoms with van der Waals surface area (Å²) in [6.45, 7) is 5.44. The number of nitrogens with two attached hydrogens (primary N) is 1. The summed E-state index contributed by atoms with van der Waals surface area (Å²) in [5.41, 5.74) is 8.76. The van der Waals surface area contributed by atoms with Crippen LogP contribution in [0.5, 0.6) is 0 Å². The van der Waals surface area contributed by atoms with E-state index in [1.54, 1.807) is 6.07 Å². The van der Waals surface area contributed by atoms with Crippen LogP contribution in [0.3, 0.4) is 0 Å². The third kappa shape index (κ3) is 2.92. The number of para-hydroxylation sites is 1. The SMILES string of the molecule is CC(N)c1c(F)cccc1N1CCN(c2ccccc2)CC1. The van der Waals surface area contributed by atoms with Crippen molar-refractivity contribution in [2.24, 2.45) is 5.73 Å². The van der Waals surface area contributed by atoms with Crippen molar-refractivity contribution >= 4 is 11.4 Å². The zero-order valence-corrected chi connectivity index (χ0v) is 12.9. The number of hydrogen-bond donors (Lipinski definition) is 1. The first kappa shape index (κ1) is 14.9. The maximum Gasteiger partial charge on any atom is 0.130 e. The Balaban J connectivity index is 1.76. The predicted octanol–water partition coefficient (Wildman–Crippen LogP) is 3.17. The van der Waals surface area contributed by atoms with Gasteiger partial charge in [0.05, 0.1) is 0 Å². The lowest BCUT2D eigenvalue weighted by atomic mass is 10.0. The lowest BCUT2D eigenvalue weighted by molar-refractivity contribution is 0.586. The van der Waals surface area contributed by atoms with Crippen LogP contribution in [0.15, 0.2) is 48.5 Å². The standard InChI is InChI=1S/C18H22FN3/c1-14(20)18-16(19)8-5-9-17(18)22-12-10-21(11-13-22)15-6-3-2-4-7-15/h2-9,14H,10-13,20H2,1H3. The molecule has 1 saturated heterocycles. The molecule has 2 aromatic carbocycles. The minimum atomic E-state index is -0.302. The Morgan fingerprint density at radius 1 is 0.909 bits per heavy atom. The van der Waals surface area contributed by atoms with E-state index in [0.29, 0.717) is 5.56 Å². The Morgan fingerprint density at radius 3 is 2.18 bits per heavy atom. The van der Waals surface area contributed by atoms with Gasteiger partial charge >= 0.3 is 0 Å². The molecule has 3 rings (SSSR count). The van der Waals surface area contributed by atoms with E-state index in [9.17, 15) is 4.39 Å². The van der Waals surface area contributed by atoms with Crippen LogP contribution in [0.4, 0.5) is 15.8 Å². The molecule has 0 aromatic heterocycles. The Morgan fingerprint density at radius 2 is 1.55 bits per heavy atom. The fraction of sp³-hybridized carbons (Fsp3) is 0.333. The maximum absolute atomic E-state index is 14.1. The number of nitrogens with zero attached hydrogens (tertiary/aromatic N) is 2. The molecule has 1 atom stereocenters. The summed E-state index contributed by atoms with van der Waals surface area (Å²) in [5, 5.41) is 0. The van der Waals surface area contributed by atoms with Gasteiger partial charge in [-0.2, -0.15) is 0 Å². The number of anilines is 2. The summed E-state index contributed by atoms with van der Waals surface area (Å²) in [6.07, 6.45) is 0. The first-order valence-electron chi connectivity index (χ1n) is 7.76. The Hall–Kier alpha value is -2.07. The molecule has 22 heavy (non-hydrogen) atoms. The molecule has 1 fully saturated rings. The van der Waals surface area contributed by atoms with Gasteiger partial charge in [-0.15, -0.1) is 0 Å². The minimum Gasteiger partial charge on any atom is -0.368 e. The summed E-state index contributed by atoms with van der Waals surface area (Å²) >= 11 is 0. The number of piperazine rings is 1. The van der Waals surface area contributed by atoms with Crippen LogP contribution in [0.1, 0.15) is 18.5 Å². The third-order valence-electron chi connectivity index (χ3n) is 4.23. The van der Waals surface area contributed by atoms with E-state index in [-0.39, 0.29) is 11.9 Å². The van der Waals surface area contributed by atoms with Gasteiger partial charge in [0.1, 0.15) is 5.82 Å². The van der Waals surface area contributed by atoms with Crippen LogP contribution in [0.2, 0.25) is 0 Å². The van der Waals surface area contributed by atoms with Crippen molar-refractivity contribution < 1.29 is 4.39 Å². The van der Waals surface area contributed by atoms with Gasteiger partial charge in [0.25, 0.3) is 0 Å². The van der Waals surface area contributed by atoms with Crippen molar-refractivity contribution in [3.8, 4) is 0 Å². The zero-order chi connectivity index (χ0) is 15.5. The highest BCUT2D eigenvalue weighted by Gasteiger charge is 2.22. The predicted molar refractivity (Wildman–Crippen MR) is 89.9 cm³/mol. The van der Waals surface area contributed by atoms with E-state index in [1.807, 2.05) is 19.1 Å². The molecule has 1 unspecified atom stereocenters. The zero-order valence-electron chi connectivity index (χ0n) is 12.9. The Kier molecular flexibility index (Phi) is 4.29. The molecule has 0 amide bonds. The molecular formula is C18H22FN3. The van der Waals surface area contributed by atoms with Gasteiger partial charge in [-0.25, -0.2) is 4.39 Å². The van der Waals surface area contributed by atoms with Crippen LogP contribution in [0.25, 0.3) is 0 Å². The summed E-state index contributed by atoms with van der Waals surface area (Å²) in [5.74, 6) is -0.210. The molecular weight excluding hydrogens is 277 g/mol. The van der Waals surface area contributed by atoms with Gasteiger partial charge in [-0.05, 0) is 31.2 Å². The highest BCUT2D eigenvalue weighted by molar-refractivity contribution is 5.57. The second-order valence-electron chi connectivity index (χ2n) is 5.77. The van der Waals surface area contributed by atoms with Gasteiger partial charge in [0, 0.05) is 49.2 Å². The third-order valence-corrected chi connectivity index (χ3v) is 4.23. The highest BCUT2D eigenvalue weighted by Crippen LogP contribution is 2.29. The number of rotatable bonds is 3. The van der Waals surface area contributed by atoms with E-state index in [0.717, 1.165) is 31.9 Å². The molecule has 1 heterocycles. The van der Waals surface area contributed by atoms with Crippen molar-refractivity contribution in [1.82, 2.24) is 0 Å². The van der Waals surface area contributed by atoms with Crippen molar-refractivity contribution in [3.63, 3.8) is 0 Å². The van der Waals surface area contributed by atoms with E-state index in [2.05, 4.69) is 34.1 Å².